The van der Waals surface area contributed by atoms with Gasteiger partial charge in [0, 0.05) is 36.6 Å². The summed E-state index contributed by atoms with van der Waals surface area (Å²) in [7, 11) is 0. The van der Waals surface area contributed by atoms with Gasteiger partial charge in [0.2, 0.25) is 0 Å². The summed E-state index contributed by atoms with van der Waals surface area (Å²) in [5.41, 5.74) is 2.13. The van der Waals surface area contributed by atoms with E-state index in [1.165, 1.54) is 0 Å². The van der Waals surface area contributed by atoms with Gasteiger partial charge in [0.25, 0.3) is 0 Å². The van der Waals surface area contributed by atoms with Crippen LogP contribution in [0.1, 0.15) is 40.2 Å². The number of allylic oxidation sites excluding steroid dienone is 1. The summed E-state index contributed by atoms with van der Waals surface area (Å²) in [5, 5.41) is 7.74. The molecule has 27 heavy (non-hydrogen) atoms. The minimum absolute atomic E-state index is 0.0612. The maximum absolute atomic E-state index is 12.9. The van der Waals surface area contributed by atoms with Crippen LogP contribution in [0.3, 0.4) is 0 Å². The van der Waals surface area contributed by atoms with Gasteiger partial charge in [-0.2, -0.15) is 5.10 Å². The molecule has 5 heteroatoms. The van der Waals surface area contributed by atoms with Crippen molar-refractivity contribution in [3.63, 3.8) is 0 Å². The molecule has 5 nitrogen and oxygen atoms in total. The minimum Gasteiger partial charge on any atom is -0.384 e. The third-order valence-electron chi connectivity index (χ3n) is 4.51. The van der Waals surface area contributed by atoms with Gasteiger partial charge >= 0.3 is 0 Å². The quantitative estimate of drug-likeness (QED) is 0.672. The van der Waals surface area contributed by atoms with Crippen molar-refractivity contribution in [1.29, 1.82) is 0 Å². The third-order valence-corrected chi connectivity index (χ3v) is 4.51. The summed E-state index contributed by atoms with van der Waals surface area (Å²) in [6.45, 7) is 14.2. The first-order valence-electron chi connectivity index (χ1n) is 9.68. The molecule has 0 unspecified atom stereocenters. The number of carbonyl (C=O) groups is 1. The molecule has 0 aliphatic heterocycles. The van der Waals surface area contributed by atoms with Crippen LogP contribution >= 0.6 is 0 Å². The van der Waals surface area contributed by atoms with Crippen molar-refractivity contribution >= 4 is 23.2 Å². The van der Waals surface area contributed by atoms with E-state index in [9.17, 15) is 4.79 Å². The molecule has 2 aromatic rings. The fourth-order valence-corrected chi connectivity index (χ4v) is 2.83. The second-order valence-corrected chi connectivity index (χ2v) is 7.64. The Morgan fingerprint density at radius 2 is 1.96 bits per heavy atom. The summed E-state index contributed by atoms with van der Waals surface area (Å²) in [4.78, 5) is 15.3. The topological polar surface area (TPSA) is 50.2 Å². The number of anilines is 1. The molecule has 0 atom stereocenters. The first-order chi connectivity index (χ1) is 12.8. The number of likely N-dealkylation sites (N-methyl/N-ethyl adjacent to an activating group) is 1. The second kappa shape index (κ2) is 9.51. The van der Waals surface area contributed by atoms with E-state index >= 15 is 0 Å². The molecule has 0 amide bonds. The molecule has 2 rings (SSSR count). The molecule has 0 radical (unpaired) electrons. The molecule has 0 fully saturated rings. The van der Waals surface area contributed by atoms with E-state index in [0.29, 0.717) is 5.70 Å². The van der Waals surface area contributed by atoms with Crippen molar-refractivity contribution in [3.8, 4) is 0 Å². The Balaban J connectivity index is 2.21. The molecule has 1 N–H and O–H groups in total. The minimum atomic E-state index is -0.475. The fraction of sp³-hybridized carbons (Fsp3) is 0.455. The number of rotatable bonds is 9. The Labute approximate surface area is 163 Å². The number of ketones is 1. The number of hydrogen-bond donors (Lipinski definition) is 1. The molecule has 0 bridgehead atoms. The van der Waals surface area contributed by atoms with Crippen molar-refractivity contribution in [2.45, 2.75) is 34.6 Å². The second-order valence-electron chi connectivity index (χ2n) is 7.64. The third kappa shape index (κ3) is 6.07. The smallest absolute Gasteiger partial charge is 0.186 e. The fourth-order valence-electron chi connectivity index (χ4n) is 2.83. The highest BCUT2D eigenvalue weighted by Crippen LogP contribution is 2.25. The van der Waals surface area contributed by atoms with E-state index in [-0.39, 0.29) is 5.78 Å². The van der Waals surface area contributed by atoms with Crippen LogP contribution in [0.5, 0.6) is 0 Å². The Bertz CT molecular complexity index is 753. The molecule has 1 aromatic carbocycles. The summed E-state index contributed by atoms with van der Waals surface area (Å²) in [6.07, 6.45) is 5.41. The molecule has 1 heterocycles. The zero-order valence-electron chi connectivity index (χ0n) is 17.2. The zero-order chi connectivity index (χ0) is 19.9. The molecule has 146 valence electrons. The van der Waals surface area contributed by atoms with Crippen LogP contribution in [0.25, 0.3) is 11.8 Å². The Morgan fingerprint density at radius 1 is 1.22 bits per heavy atom. The molecule has 0 aliphatic rings. The summed E-state index contributed by atoms with van der Waals surface area (Å²) in [5.74, 6) is 0.0612. The molecule has 0 spiro atoms. The van der Waals surface area contributed by atoms with Gasteiger partial charge in [-0.15, -0.1) is 0 Å². The highest BCUT2D eigenvalue weighted by atomic mass is 16.1. The maximum atomic E-state index is 12.9. The van der Waals surface area contributed by atoms with Crippen molar-refractivity contribution in [2.24, 2.45) is 5.41 Å². The van der Waals surface area contributed by atoms with Gasteiger partial charge in [0.15, 0.2) is 5.78 Å². The van der Waals surface area contributed by atoms with E-state index in [0.717, 1.165) is 37.4 Å². The van der Waals surface area contributed by atoms with E-state index in [1.54, 1.807) is 10.9 Å². The highest BCUT2D eigenvalue weighted by Gasteiger charge is 2.26. The molecule has 0 aliphatic carbocycles. The number of Topliss-reactive ketones (excluding diaryl/α,β-unsaturated/α-hetero) is 1. The van der Waals surface area contributed by atoms with Crippen molar-refractivity contribution < 1.29 is 4.79 Å². The van der Waals surface area contributed by atoms with Crippen LogP contribution in [0, 0.1) is 5.41 Å². The lowest BCUT2D eigenvalue weighted by atomic mass is 9.88. The molecular weight excluding hydrogens is 336 g/mol. The van der Waals surface area contributed by atoms with Crippen LogP contribution in [0.4, 0.5) is 5.69 Å². The largest absolute Gasteiger partial charge is 0.384 e. The van der Waals surface area contributed by atoms with Crippen LogP contribution in [-0.4, -0.2) is 46.6 Å². The number of nitrogens with one attached hydrogen (secondary N) is 1. The van der Waals surface area contributed by atoms with E-state index in [2.05, 4.69) is 41.3 Å². The monoisotopic (exact) mass is 368 g/mol. The van der Waals surface area contributed by atoms with Crippen LogP contribution in [-0.2, 0) is 4.79 Å². The van der Waals surface area contributed by atoms with E-state index < -0.39 is 5.41 Å². The van der Waals surface area contributed by atoms with E-state index in [4.69, 9.17) is 0 Å². The van der Waals surface area contributed by atoms with Gasteiger partial charge < -0.3 is 10.2 Å². The summed E-state index contributed by atoms with van der Waals surface area (Å²) >= 11 is 0. The number of nitrogens with zero attached hydrogens (tertiary/aromatic N) is 3. The number of hydrogen-bond acceptors (Lipinski definition) is 4. The molecule has 0 saturated heterocycles. The number of aromatic nitrogens is 2. The average Bonchev–Trinajstić information content (AvgIpc) is 3.17. The lowest BCUT2D eigenvalue weighted by molar-refractivity contribution is -0.120. The van der Waals surface area contributed by atoms with Crippen LogP contribution in [0.15, 0.2) is 42.7 Å². The van der Waals surface area contributed by atoms with Crippen molar-refractivity contribution in [1.82, 2.24) is 14.7 Å². The molecule has 1 aromatic heterocycles. The average molecular weight is 369 g/mol. The summed E-state index contributed by atoms with van der Waals surface area (Å²) < 4.78 is 1.65. The zero-order valence-corrected chi connectivity index (χ0v) is 17.2. The Kier molecular flexibility index (Phi) is 7.36. The van der Waals surface area contributed by atoms with Gasteiger partial charge in [0.05, 0.1) is 0 Å². The Hall–Kier alpha value is -2.40. The first-order valence-corrected chi connectivity index (χ1v) is 9.68. The number of carbonyl (C=O) groups excluding carboxylic acids is 1. The van der Waals surface area contributed by atoms with Crippen LogP contribution < -0.4 is 5.32 Å². The molecule has 0 saturated carbocycles. The lowest BCUT2D eigenvalue weighted by Crippen LogP contribution is -2.28. The normalized spacial score (nSPS) is 12.4. The maximum Gasteiger partial charge on any atom is 0.186 e. The first kappa shape index (κ1) is 20.9. The van der Waals surface area contributed by atoms with Crippen molar-refractivity contribution in [3.05, 3.63) is 48.3 Å². The highest BCUT2D eigenvalue weighted by molar-refractivity contribution is 6.21. The SMILES string of the molecule is CCN(CC)CCNc1cccc(/C=C(/C(=O)C(C)(C)C)n2cccn2)c1. The Morgan fingerprint density at radius 3 is 2.56 bits per heavy atom. The van der Waals surface area contributed by atoms with Gasteiger partial charge in [-0.05, 0) is 42.9 Å². The standard InChI is InChI=1S/C22H32N4O/c1-6-25(7-2)15-13-23-19-11-8-10-18(16-19)17-20(21(27)22(3,4)5)26-14-9-12-24-26/h8-12,14,16-17,23H,6-7,13,15H2,1-5H3/b20-17-. The lowest BCUT2D eigenvalue weighted by Gasteiger charge is -2.19. The van der Waals surface area contributed by atoms with Gasteiger partial charge in [-0.3, -0.25) is 4.79 Å². The molecular formula is C22H32N4O. The number of benzene rings is 1. The predicted octanol–water partition coefficient (Wildman–Crippen LogP) is 4.25. The summed E-state index contributed by atoms with van der Waals surface area (Å²) in [6, 6.07) is 9.97. The van der Waals surface area contributed by atoms with E-state index in [1.807, 2.05) is 51.2 Å². The predicted molar refractivity (Wildman–Crippen MR) is 114 cm³/mol. The van der Waals surface area contributed by atoms with Gasteiger partial charge in [-0.1, -0.05) is 46.8 Å². The van der Waals surface area contributed by atoms with Crippen LogP contribution in [0.2, 0.25) is 0 Å². The van der Waals surface area contributed by atoms with Gasteiger partial charge in [-0.25, -0.2) is 4.68 Å². The van der Waals surface area contributed by atoms with Crippen molar-refractivity contribution in [2.75, 3.05) is 31.5 Å². The van der Waals surface area contributed by atoms with Gasteiger partial charge in [0.1, 0.15) is 5.70 Å².